The Hall–Kier alpha value is -0.450. The molecule has 2 nitrogen and oxygen atoms in total. The van der Waals surface area contributed by atoms with Crippen LogP contribution in [0.25, 0.3) is 0 Å². The zero-order chi connectivity index (χ0) is 11.8. The monoisotopic (exact) mass is 288 g/mol. The molecule has 0 amide bonds. The molecule has 88 valence electrons. The maximum Gasteiger partial charge on any atom is 0.137 e. The van der Waals surface area contributed by atoms with Crippen LogP contribution < -0.4 is 0 Å². The predicted octanol–water partition coefficient (Wildman–Crippen LogP) is 2.67. The molecule has 1 N–H and O–H groups in total. The number of halogens is 2. The van der Waals surface area contributed by atoms with Gasteiger partial charge in [0.25, 0.3) is 0 Å². The van der Waals surface area contributed by atoms with E-state index in [2.05, 4.69) is 15.9 Å². The summed E-state index contributed by atoms with van der Waals surface area (Å²) in [6.07, 6.45) is 0.951. The quantitative estimate of drug-likeness (QED) is 0.907. The number of hydrogen-bond acceptors (Lipinski definition) is 2. The number of rotatable bonds is 2. The fourth-order valence-electron chi connectivity index (χ4n) is 2.01. The van der Waals surface area contributed by atoms with E-state index in [-0.39, 0.29) is 11.9 Å². The predicted molar refractivity (Wildman–Crippen MR) is 62.8 cm³/mol. The highest BCUT2D eigenvalue weighted by molar-refractivity contribution is 9.10. The first-order valence-corrected chi connectivity index (χ1v) is 6.08. The second kappa shape index (κ2) is 4.43. The van der Waals surface area contributed by atoms with Crippen molar-refractivity contribution in [1.82, 2.24) is 0 Å². The maximum atomic E-state index is 13.1. The van der Waals surface area contributed by atoms with Crippen molar-refractivity contribution in [3.63, 3.8) is 0 Å². The summed E-state index contributed by atoms with van der Waals surface area (Å²) in [4.78, 5) is 0. The van der Waals surface area contributed by atoms with Gasteiger partial charge >= 0.3 is 0 Å². The standard InChI is InChI=1S/C12H14BrFO2/c1-8-12(15,4-5-16-8)7-9-2-3-11(14)10(13)6-9/h2-3,6,8,15H,4-5,7H2,1H3. The van der Waals surface area contributed by atoms with Gasteiger partial charge in [-0.25, -0.2) is 4.39 Å². The van der Waals surface area contributed by atoms with Crippen molar-refractivity contribution in [3.05, 3.63) is 34.1 Å². The molecule has 4 heteroatoms. The zero-order valence-corrected chi connectivity index (χ0v) is 10.6. The molecular formula is C12H14BrFO2. The highest BCUT2D eigenvalue weighted by atomic mass is 79.9. The van der Waals surface area contributed by atoms with Gasteiger partial charge in [-0.15, -0.1) is 0 Å². The number of hydrogen-bond donors (Lipinski definition) is 1. The Morgan fingerprint density at radius 2 is 2.38 bits per heavy atom. The third-order valence-corrected chi connectivity index (χ3v) is 3.76. The Balaban J connectivity index is 2.17. The molecule has 1 aromatic rings. The minimum atomic E-state index is -0.822. The van der Waals surface area contributed by atoms with Gasteiger partial charge in [-0.3, -0.25) is 0 Å². The number of ether oxygens (including phenoxy) is 1. The average Bonchev–Trinajstić information content (AvgIpc) is 2.53. The van der Waals surface area contributed by atoms with Crippen LogP contribution in [0.2, 0.25) is 0 Å². The molecule has 1 aliphatic heterocycles. The SMILES string of the molecule is CC1OCCC1(O)Cc1ccc(F)c(Br)c1. The van der Waals surface area contributed by atoms with Crippen molar-refractivity contribution < 1.29 is 14.2 Å². The molecule has 0 saturated carbocycles. The molecule has 2 atom stereocenters. The summed E-state index contributed by atoms with van der Waals surface area (Å²) in [5.74, 6) is -0.286. The van der Waals surface area contributed by atoms with Crippen LogP contribution in [0.4, 0.5) is 4.39 Å². The van der Waals surface area contributed by atoms with Crippen molar-refractivity contribution >= 4 is 15.9 Å². The first kappa shape index (κ1) is 12.0. The Morgan fingerprint density at radius 3 is 2.94 bits per heavy atom. The molecule has 2 unspecified atom stereocenters. The molecule has 1 heterocycles. The molecule has 16 heavy (non-hydrogen) atoms. The second-order valence-corrected chi connectivity index (χ2v) is 5.15. The highest BCUT2D eigenvalue weighted by Gasteiger charge is 2.39. The Kier molecular flexibility index (Phi) is 3.33. The zero-order valence-electron chi connectivity index (χ0n) is 9.04. The van der Waals surface area contributed by atoms with Gasteiger partial charge in [0.15, 0.2) is 0 Å². The van der Waals surface area contributed by atoms with E-state index < -0.39 is 5.60 Å². The van der Waals surface area contributed by atoms with Crippen LogP contribution in [-0.4, -0.2) is 23.4 Å². The maximum absolute atomic E-state index is 13.1. The molecule has 1 aliphatic rings. The van der Waals surface area contributed by atoms with Crippen molar-refractivity contribution in [2.75, 3.05) is 6.61 Å². The van der Waals surface area contributed by atoms with E-state index in [0.29, 0.717) is 23.9 Å². The van der Waals surface area contributed by atoms with E-state index in [9.17, 15) is 9.50 Å². The lowest BCUT2D eigenvalue weighted by atomic mass is 9.89. The molecule has 0 aromatic heterocycles. The lowest BCUT2D eigenvalue weighted by Gasteiger charge is -2.26. The van der Waals surface area contributed by atoms with Crippen molar-refractivity contribution in [2.45, 2.75) is 31.5 Å². The second-order valence-electron chi connectivity index (χ2n) is 4.29. The van der Waals surface area contributed by atoms with Crippen LogP contribution in [0, 0.1) is 5.82 Å². The first-order valence-electron chi connectivity index (χ1n) is 5.29. The topological polar surface area (TPSA) is 29.5 Å². The summed E-state index contributed by atoms with van der Waals surface area (Å²) in [5.41, 5.74) is 0.0881. The van der Waals surface area contributed by atoms with Crippen LogP contribution in [-0.2, 0) is 11.2 Å². The van der Waals surface area contributed by atoms with Crippen molar-refractivity contribution in [2.24, 2.45) is 0 Å². The molecule has 1 fully saturated rings. The Bertz CT molecular complexity index is 397. The normalized spacial score (nSPS) is 29.6. The lowest BCUT2D eigenvalue weighted by molar-refractivity contribution is -0.0269. The van der Waals surface area contributed by atoms with Gasteiger partial charge in [0.1, 0.15) is 5.82 Å². The highest BCUT2D eigenvalue weighted by Crippen LogP contribution is 2.30. The van der Waals surface area contributed by atoms with Crippen LogP contribution in [0.3, 0.4) is 0 Å². The summed E-state index contributed by atoms with van der Waals surface area (Å²) >= 11 is 3.14. The van der Waals surface area contributed by atoms with E-state index >= 15 is 0 Å². The molecule has 0 bridgehead atoms. The summed E-state index contributed by atoms with van der Waals surface area (Å²) in [7, 11) is 0. The smallest absolute Gasteiger partial charge is 0.137 e. The van der Waals surface area contributed by atoms with Gasteiger partial charge in [-0.2, -0.15) is 0 Å². The fraction of sp³-hybridized carbons (Fsp3) is 0.500. The van der Waals surface area contributed by atoms with E-state index in [1.807, 2.05) is 6.92 Å². The van der Waals surface area contributed by atoms with Gasteiger partial charge in [-0.1, -0.05) is 6.07 Å². The van der Waals surface area contributed by atoms with Gasteiger partial charge < -0.3 is 9.84 Å². The Labute approximate surface area is 103 Å². The Morgan fingerprint density at radius 1 is 1.62 bits per heavy atom. The van der Waals surface area contributed by atoms with E-state index in [1.54, 1.807) is 12.1 Å². The van der Waals surface area contributed by atoms with E-state index in [4.69, 9.17) is 4.74 Å². The number of aliphatic hydroxyl groups is 1. The van der Waals surface area contributed by atoms with Crippen LogP contribution in [0.5, 0.6) is 0 Å². The van der Waals surface area contributed by atoms with E-state index in [1.165, 1.54) is 6.07 Å². The molecule has 0 radical (unpaired) electrons. The molecule has 1 saturated heterocycles. The van der Waals surface area contributed by atoms with Gasteiger partial charge in [-0.05, 0) is 40.5 Å². The largest absolute Gasteiger partial charge is 0.387 e. The third-order valence-electron chi connectivity index (χ3n) is 3.15. The van der Waals surface area contributed by atoms with Gasteiger partial charge in [0, 0.05) is 19.4 Å². The van der Waals surface area contributed by atoms with Crippen LogP contribution in [0.1, 0.15) is 18.9 Å². The summed E-state index contributed by atoms with van der Waals surface area (Å²) in [5, 5.41) is 10.3. The molecule has 0 spiro atoms. The minimum Gasteiger partial charge on any atom is -0.387 e. The minimum absolute atomic E-state index is 0.170. The summed E-state index contributed by atoms with van der Waals surface area (Å²) < 4.78 is 18.8. The molecule has 0 aliphatic carbocycles. The average molecular weight is 289 g/mol. The van der Waals surface area contributed by atoms with Crippen LogP contribution >= 0.6 is 15.9 Å². The summed E-state index contributed by atoms with van der Waals surface area (Å²) in [6.45, 7) is 2.45. The number of benzene rings is 1. The van der Waals surface area contributed by atoms with E-state index in [0.717, 1.165) is 5.56 Å². The molecule has 2 rings (SSSR count). The van der Waals surface area contributed by atoms with Gasteiger partial charge in [0.05, 0.1) is 16.2 Å². The lowest BCUT2D eigenvalue weighted by Crippen LogP contribution is -2.38. The van der Waals surface area contributed by atoms with Gasteiger partial charge in [0.2, 0.25) is 0 Å². The van der Waals surface area contributed by atoms with Crippen LogP contribution in [0.15, 0.2) is 22.7 Å². The summed E-state index contributed by atoms with van der Waals surface area (Å²) in [6, 6.07) is 4.81. The molecule has 1 aromatic carbocycles. The third kappa shape index (κ3) is 2.29. The fourth-order valence-corrected chi connectivity index (χ4v) is 2.43. The molecular weight excluding hydrogens is 275 g/mol. The van der Waals surface area contributed by atoms with Crippen molar-refractivity contribution in [1.29, 1.82) is 0 Å². The first-order chi connectivity index (χ1) is 7.51. The van der Waals surface area contributed by atoms with Crippen molar-refractivity contribution in [3.8, 4) is 0 Å².